The maximum absolute atomic E-state index is 8.82. The van der Waals surface area contributed by atoms with Crippen molar-refractivity contribution in [3.63, 3.8) is 0 Å². The summed E-state index contributed by atoms with van der Waals surface area (Å²) in [7, 11) is 0. The van der Waals surface area contributed by atoms with Gasteiger partial charge in [-0.25, -0.2) is 9.98 Å². The fourth-order valence-electron chi connectivity index (χ4n) is 2.60. The smallest absolute Gasteiger partial charge is 0.176 e. The first-order valence-electron chi connectivity index (χ1n) is 7.99. The van der Waals surface area contributed by atoms with Gasteiger partial charge in [0.15, 0.2) is 11.5 Å². The molecule has 6 nitrogen and oxygen atoms in total. The van der Waals surface area contributed by atoms with Crippen molar-refractivity contribution in [2.75, 3.05) is 0 Å². The zero-order valence-electron chi connectivity index (χ0n) is 14.1. The highest BCUT2D eigenvalue weighted by molar-refractivity contribution is 6.48. The van der Waals surface area contributed by atoms with Crippen molar-refractivity contribution < 1.29 is 0 Å². The Labute approximate surface area is 151 Å². The molecule has 126 valence electrons. The van der Waals surface area contributed by atoms with Gasteiger partial charge in [-0.05, 0) is 6.92 Å². The number of amidine groups is 1. The quantitative estimate of drug-likeness (QED) is 0.661. The number of nitriles is 2. The third-order valence-electron chi connectivity index (χ3n) is 3.90. The molecule has 1 heterocycles. The number of nitrogens with zero attached hydrogens (tertiary/aromatic N) is 4. The molecule has 2 aromatic rings. The van der Waals surface area contributed by atoms with Gasteiger partial charge in [0, 0.05) is 17.3 Å². The minimum Gasteiger partial charge on any atom is -0.305 e. The van der Waals surface area contributed by atoms with E-state index in [-0.39, 0.29) is 5.57 Å². The van der Waals surface area contributed by atoms with Crippen LogP contribution in [0.15, 0.2) is 82.4 Å². The monoisotopic (exact) mass is 340 g/mol. The molecule has 3 rings (SSSR count). The average Bonchev–Trinajstić information content (AvgIpc) is 3.05. The molecular weight excluding hydrogens is 324 g/mol. The van der Waals surface area contributed by atoms with Gasteiger partial charge in [0.1, 0.15) is 23.4 Å². The van der Waals surface area contributed by atoms with Gasteiger partial charge in [0.05, 0.1) is 0 Å². The van der Waals surface area contributed by atoms with Crippen LogP contribution in [0.4, 0.5) is 0 Å². The Morgan fingerprint density at radius 2 is 1.58 bits per heavy atom. The summed E-state index contributed by atoms with van der Waals surface area (Å²) in [4.78, 5) is 9.58. The van der Waals surface area contributed by atoms with Crippen LogP contribution in [0.5, 0.6) is 0 Å². The van der Waals surface area contributed by atoms with Gasteiger partial charge in [-0.15, -0.1) is 0 Å². The van der Waals surface area contributed by atoms with E-state index in [0.29, 0.717) is 11.5 Å². The normalized spacial score (nSPS) is 18.0. The molecule has 1 aliphatic rings. The Bertz CT molecular complexity index is 945. The molecule has 0 fully saturated rings. The Morgan fingerprint density at radius 3 is 2.19 bits per heavy atom. The predicted octanol–water partition coefficient (Wildman–Crippen LogP) is 2.79. The molecule has 6 heteroatoms. The standard InChI is InChI=1S/C20H16N6/c1-20(17-10-6-3-7-11-17)24-18(16-8-4-2-5-9-16)19(25-20)26-23-14-15(12-21)13-22/h2-11,14,23H,1H3,(H,25,26). The van der Waals surface area contributed by atoms with Gasteiger partial charge in [-0.3, -0.25) is 5.43 Å². The Balaban J connectivity index is 1.96. The summed E-state index contributed by atoms with van der Waals surface area (Å²) in [6, 6.07) is 23.1. The third-order valence-corrected chi connectivity index (χ3v) is 3.90. The molecule has 0 radical (unpaired) electrons. The average molecular weight is 340 g/mol. The van der Waals surface area contributed by atoms with Crippen molar-refractivity contribution in [2.45, 2.75) is 12.6 Å². The second-order valence-corrected chi connectivity index (χ2v) is 5.72. The number of rotatable bonds is 4. The fraction of sp³-hybridized carbons (Fsp3) is 0.100. The maximum Gasteiger partial charge on any atom is 0.176 e. The van der Waals surface area contributed by atoms with Crippen LogP contribution in [0, 0.1) is 22.7 Å². The second-order valence-electron chi connectivity index (χ2n) is 5.72. The summed E-state index contributed by atoms with van der Waals surface area (Å²) in [5.41, 5.74) is 7.49. The van der Waals surface area contributed by atoms with Crippen LogP contribution in [-0.2, 0) is 5.66 Å². The lowest BCUT2D eigenvalue weighted by molar-refractivity contribution is 0.538. The largest absolute Gasteiger partial charge is 0.305 e. The molecule has 1 unspecified atom stereocenters. The molecule has 0 aromatic heterocycles. The summed E-state index contributed by atoms with van der Waals surface area (Å²) in [5.74, 6) is 0.536. The summed E-state index contributed by atoms with van der Waals surface area (Å²) < 4.78 is 0. The zero-order valence-corrected chi connectivity index (χ0v) is 14.1. The molecule has 0 bridgehead atoms. The summed E-state index contributed by atoms with van der Waals surface area (Å²) >= 11 is 0. The first-order valence-corrected chi connectivity index (χ1v) is 7.99. The minimum atomic E-state index is -0.756. The molecule has 1 atom stereocenters. The van der Waals surface area contributed by atoms with Crippen LogP contribution in [0.2, 0.25) is 0 Å². The highest BCUT2D eigenvalue weighted by Gasteiger charge is 2.33. The molecule has 0 spiro atoms. The van der Waals surface area contributed by atoms with Crippen molar-refractivity contribution in [1.82, 2.24) is 10.9 Å². The lowest BCUT2D eigenvalue weighted by Crippen LogP contribution is -2.38. The van der Waals surface area contributed by atoms with Gasteiger partial charge in [-0.1, -0.05) is 60.7 Å². The number of hydrazine groups is 1. The Kier molecular flexibility index (Phi) is 4.78. The molecule has 0 saturated heterocycles. The van der Waals surface area contributed by atoms with Crippen LogP contribution in [0.1, 0.15) is 18.1 Å². The summed E-state index contributed by atoms with van der Waals surface area (Å²) in [6.45, 7) is 1.94. The van der Waals surface area contributed by atoms with Crippen molar-refractivity contribution in [1.29, 1.82) is 10.5 Å². The van der Waals surface area contributed by atoms with Gasteiger partial charge >= 0.3 is 0 Å². The van der Waals surface area contributed by atoms with Gasteiger partial charge in [0.2, 0.25) is 0 Å². The Hall–Kier alpha value is -3.90. The summed E-state index contributed by atoms with van der Waals surface area (Å²) in [5, 5.41) is 17.6. The van der Waals surface area contributed by atoms with Crippen molar-refractivity contribution in [2.24, 2.45) is 9.98 Å². The van der Waals surface area contributed by atoms with Crippen molar-refractivity contribution >= 4 is 11.5 Å². The third kappa shape index (κ3) is 3.45. The van der Waals surface area contributed by atoms with E-state index in [9.17, 15) is 0 Å². The first-order chi connectivity index (χ1) is 12.7. The van der Waals surface area contributed by atoms with E-state index in [1.54, 1.807) is 12.1 Å². The SMILES string of the molecule is CC1(c2ccccc2)N=C(NNC=C(C#N)C#N)C(c2ccccc2)=N1. The van der Waals surface area contributed by atoms with Crippen LogP contribution in [-0.4, -0.2) is 11.5 Å². The number of nitrogens with one attached hydrogen (secondary N) is 2. The molecule has 1 aliphatic heterocycles. The Morgan fingerprint density at radius 1 is 0.962 bits per heavy atom. The van der Waals surface area contributed by atoms with Crippen LogP contribution in [0.25, 0.3) is 0 Å². The van der Waals surface area contributed by atoms with Gasteiger partial charge in [0.25, 0.3) is 0 Å². The van der Waals surface area contributed by atoms with Gasteiger partial charge < -0.3 is 5.43 Å². The van der Waals surface area contributed by atoms with E-state index in [4.69, 9.17) is 20.5 Å². The molecule has 0 saturated carbocycles. The molecule has 0 aliphatic carbocycles. The van der Waals surface area contributed by atoms with Crippen LogP contribution >= 0.6 is 0 Å². The fourth-order valence-corrected chi connectivity index (χ4v) is 2.60. The van der Waals surface area contributed by atoms with E-state index >= 15 is 0 Å². The molecule has 2 aromatic carbocycles. The highest BCUT2D eigenvalue weighted by Crippen LogP contribution is 2.32. The molecule has 2 N–H and O–H groups in total. The highest BCUT2D eigenvalue weighted by atomic mass is 15.4. The van der Waals surface area contributed by atoms with Crippen molar-refractivity contribution in [3.8, 4) is 12.1 Å². The maximum atomic E-state index is 8.82. The number of hydrogen-bond acceptors (Lipinski definition) is 6. The van der Waals surface area contributed by atoms with E-state index in [2.05, 4.69) is 10.9 Å². The van der Waals surface area contributed by atoms with E-state index in [1.807, 2.05) is 67.6 Å². The number of benzene rings is 2. The zero-order chi connectivity index (χ0) is 18.4. The van der Waals surface area contributed by atoms with Crippen molar-refractivity contribution in [3.05, 3.63) is 83.6 Å². The lowest BCUT2D eigenvalue weighted by atomic mass is 10.0. The van der Waals surface area contributed by atoms with E-state index in [1.165, 1.54) is 6.20 Å². The van der Waals surface area contributed by atoms with Gasteiger partial charge in [-0.2, -0.15) is 10.5 Å². The molecule has 26 heavy (non-hydrogen) atoms. The second kappa shape index (κ2) is 7.33. The predicted molar refractivity (Wildman–Crippen MR) is 99.8 cm³/mol. The lowest BCUT2D eigenvalue weighted by Gasteiger charge is -2.17. The minimum absolute atomic E-state index is 0.0416. The first kappa shape index (κ1) is 16.9. The van der Waals surface area contributed by atoms with E-state index in [0.717, 1.165) is 11.1 Å². The summed E-state index contributed by atoms with van der Waals surface area (Å²) in [6.07, 6.45) is 1.29. The van der Waals surface area contributed by atoms with Crippen LogP contribution in [0.3, 0.4) is 0 Å². The molecular formula is C20H16N6. The molecule has 0 amide bonds. The van der Waals surface area contributed by atoms with E-state index < -0.39 is 5.66 Å². The topological polar surface area (TPSA) is 96.4 Å². The van der Waals surface area contributed by atoms with Crippen LogP contribution < -0.4 is 10.9 Å². The number of allylic oxidation sites excluding steroid dienone is 1. The number of hydrogen-bond donors (Lipinski definition) is 2. The number of aliphatic imine (C=N–C) groups is 2.